The van der Waals surface area contributed by atoms with Crippen LogP contribution in [0.5, 0.6) is 0 Å². The SMILES string of the molecule is CC(=O)SCC(=Cc1cnc(F)c(C=O)c1)B1OC(C)(C)C(C)(C)O1. The number of aromatic nitrogens is 1. The number of hydrogen-bond acceptors (Lipinski definition) is 6. The monoisotopic (exact) mass is 365 g/mol. The number of rotatable bonds is 5. The minimum Gasteiger partial charge on any atom is -0.400 e. The van der Waals surface area contributed by atoms with Crippen LogP contribution in [-0.4, -0.2) is 40.5 Å². The average Bonchev–Trinajstić information content (AvgIpc) is 2.73. The number of hydrogen-bond donors (Lipinski definition) is 0. The van der Waals surface area contributed by atoms with Crippen molar-refractivity contribution in [1.29, 1.82) is 0 Å². The van der Waals surface area contributed by atoms with Crippen LogP contribution in [-0.2, 0) is 14.1 Å². The average molecular weight is 365 g/mol. The summed E-state index contributed by atoms with van der Waals surface area (Å²) in [4.78, 5) is 25.9. The van der Waals surface area contributed by atoms with E-state index in [1.807, 2.05) is 27.7 Å². The Labute approximate surface area is 151 Å². The van der Waals surface area contributed by atoms with E-state index in [4.69, 9.17) is 9.31 Å². The van der Waals surface area contributed by atoms with E-state index in [0.717, 1.165) is 11.8 Å². The first-order valence-corrected chi connectivity index (χ1v) is 8.84. The van der Waals surface area contributed by atoms with Crippen molar-refractivity contribution in [3.05, 3.63) is 34.8 Å². The van der Waals surface area contributed by atoms with Crippen LogP contribution in [0.3, 0.4) is 0 Å². The second-order valence-electron chi connectivity index (χ2n) is 6.85. The maximum Gasteiger partial charge on any atom is 0.491 e. The lowest BCUT2D eigenvalue weighted by Crippen LogP contribution is -2.41. The molecule has 0 unspecified atom stereocenters. The Morgan fingerprint density at radius 1 is 1.32 bits per heavy atom. The zero-order valence-corrected chi connectivity index (χ0v) is 15.8. The normalized spacial score (nSPS) is 19.1. The smallest absolute Gasteiger partial charge is 0.400 e. The van der Waals surface area contributed by atoms with Crippen LogP contribution in [0, 0.1) is 5.95 Å². The number of pyridine rings is 1. The molecule has 0 saturated carbocycles. The van der Waals surface area contributed by atoms with Gasteiger partial charge >= 0.3 is 7.12 Å². The van der Waals surface area contributed by atoms with Crippen LogP contribution in [0.15, 0.2) is 17.7 Å². The summed E-state index contributed by atoms with van der Waals surface area (Å²) in [5.74, 6) is -0.456. The highest BCUT2D eigenvalue weighted by Gasteiger charge is 2.52. The van der Waals surface area contributed by atoms with Gasteiger partial charge < -0.3 is 9.31 Å². The van der Waals surface area contributed by atoms with Crippen molar-refractivity contribution in [3.63, 3.8) is 0 Å². The Bertz CT molecular complexity index is 705. The third kappa shape index (κ3) is 4.57. The summed E-state index contributed by atoms with van der Waals surface area (Å²) in [5.41, 5.74) is 0.0851. The first kappa shape index (κ1) is 19.8. The van der Waals surface area contributed by atoms with Crippen LogP contribution in [0.25, 0.3) is 6.08 Å². The molecule has 1 aliphatic rings. The maximum absolute atomic E-state index is 13.4. The van der Waals surface area contributed by atoms with E-state index in [1.165, 1.54) is 19.2 Å². The Morgan fingerprint density at radius 2 is 1.92 bits per heavy atom. The fourth-order valence-corrected chi connectivity index (χ4v) is 2.80. The standard InChI is InChI=1S/C17H21BFNO4S/c1-11(22)25-10-14(18-23-16(2,3)17(4,5)24-18)7-12-6-13(9-21)15(19)20-8-12/h6-9H,10H2,1-5H3. The molecule has 1 aromatic rings. The third-order valence-electron chi connectivity index (χ3n) is 4.36. The molecule has 0 N–H and O–H groups in total. The van der Waals surface area contributed by atoms with Gasteiger partial charge in [-0.15, -0.1) is 0 Å². The van der Waals surface area contributed by atoms with Gasteiger partial charge in [-0.3, -0.25) is 9.59 Å². The predicted molar refractivity (Wildman–Crippen MR) is 96.8 cm³/mol. The molecule has 5 nitrogen and oxygen atoms in total. The van der Waals surface area contributed by atoms with Crippen LogP contribution in [0.1, 0.15) is 50.5 Å². The summed E-state index contributed by atoms with van der Waals surface area (Å²) in [5, 5.41) is -0.0340. The van der Waals surface area contributed by atoms with Crippen molar-refractivity contribution >= 4 is 36.4 Å². The van der Waals surface area contributed by atoms with Crippen molar-refractivity contribution in [2.45, 2.75) is 45.8 Å². The van der Waals surface area contributed by atoms with Gasteiger partial charge in [-0.1, -0.05) is 17.8 Å². The van der Waals surface area contributed by atoms with Gasteiger partial charge in [0.1, 0.15) is 0 Å². The van der Waals surface area contributed by atoms with E-state index >= 15 is 0 Å². The molecule has 1 fully saturated rings. The molecule has 0 radical (unpaired) electrons. The van der Waals surface area contributed by atoms with Gasteiger partial charge in [0, 0.05) is 18.9 Å². The molecule has 25 heavy (non-hydrogen) atoms. The Hall–Kier alpha value is -1.51. The minimum atomic E-state index is -0.817. The van der Waals surface area contributed by atoms with Crippen molar-refractivity contribution in [1.82, 2.24) is 4.98 Å². The van der Waals surface area contributed by atoms with Gasteiger partial charge in [0.2, 0.25) is 5.95 Å². The van der Waals surface area contributed by atoms with E-state index in [2.05, 4.69) is 4.98 Å². The topological polar surface area (TPSA) is 65.5 Å². The van der Waals surface area contributed by atoms with E-state index in [-0.39, 0.29) is 10.7 Å². The highest BCUT2D eigenvalue weighted by Crippen LogP contribution is 2.39. The first-order chi connectivity index (χ1) is 11.6. The van der Waals surface area contributed by atoms with E-state index < -0.39 is 24.3 Å². The summed E-state index contributed by atoms with van der Waals surface area (Å²) in [6, 6.07) is 1.40. The number of nitrogens with zero attached hydrogens (tertiary/aromatic N) is 1. The van der Waals surface area contributed by atoms with Crippen molar-refractivity contribution in [2.75, 3.05) is 5.75 Å². The molecule has 1 saturated heterocycles. The Kier molecular flexibility index (Phi) is 5.86. The lowest BCUT2D eigenvalue weighted by Gasteiger charge is -2.32. The summed E-state index contributed by atoms with van der Waals surface area (Å²) >= 11 is 1.13. The number of halogens is 1. The van der Waals surface area contributed by atoms with Crippen molar-refractivity contribution in [2.24, 2.45) is 0 Å². The lowest BCUT2D eigenvalue weighted by molar-refractivity contribution is -0.109. The Balaban J connectivity index is 2.36. The van der Waals surface area contributed by atoms with Gasteiger partial charge in [0.25, 0.3) is 0 Å². The molecule has 0 spiro atoms. The minimum absolute atomic E-state index is 0.0340. The summed E-state index contributed by atoms with van der Waals surface area (Å²) in [6.07, 6.45) is 3.46. The van der Waals surface area contributed by atoms with Gasteiger partial charge in [-0.2, -0.15) is 4.39 Å². The zero-order chi connectivity index (χ0) is 18.8. The lowest BCUT2D eigenvalue weighted by atomic mass is 9.78. The molecular weight excluding hydrogens is 344 g/mol. The first-order valence-electron chi connectivity index (χ1n) is 7.86. The quantitative estimate of drug-likeness (QED) is 0.453. The molecule has 1 aliphatic heterocycles. The molecule has 0 atom stereocenters. The molecule has 0 bridgehead atoms. The highest BCUT2D eigenvalue weighted by atomic mass is 32.2. The van der Waals surface area contributed by atoms with Gasteiger partial charge in [-0.05, 0) is 44.8 Å². The maximum atomic E-state index is 13.4. The highest BCUT2D eigenvalue weighted by molar-refractivity contribution is 8.13. The second kappa shape index (κ2) is 7.39. The molecule has 134 valence electrons. The molecule has 2 rings (SSSR count). The molecule has 2 heterocycles. The van der Waals surface area contributed by atoms with E-state index in [1.54, 1.807) is 6.08 Å². The van der Waals surface area contributed by atoms with Crippen LogP contribution < -0.4 is 0 Å². The molecule has 8 heteroatoms. The predicted octanol–water partition coefficient (Wildman–Crippen LogP) is 3.33. The van der Waals surface area contributed by atoms with Crippen molar-refractivity contribution in [3.8, 4) is 0 Å². The molecule has 0 amide bonds. The molecular formula is C17H21BFNO4S. The van der Waals surface area contributed by atoms with E-state index in [9.17, 15) is 14.0 Å². The fourth-order valence-electron chi connectivity index (χ4n) is 2.21. The van der Waals surface area contributed by atoms with Gasteiger partial charge in [0.15, 0.2) is 11.4 Å². The van der Waals surface area contributed by atoms with Gasteiger partial charge in [-0.25, -0.2) is 4.98 Å². The zero-order valence-electron chi connectivity index (χ0n) is 15.0. The summed E-state index contributed by atoms with van der Waals surface area (Å²) < 4.78 is 25.5. The van der Waals surface area contributed by atoms with Crippen LogP contribution in [0.4, 0.5) is 4.39 Å². The number of thioether (sulfide) groups is 1. The van der Waals surface area contributed by atoms with Gasteiger partial charge in [0.05, 0.1) is 16.8 Å². The largest absolute Gasteiger partial charge is 0.491 e. The fraction of sp³-hybridized carbons (Fsp3) is 0.471. The molecule has 0 aromatic carbocycles. The number of aldehydes is 1. The summed E-state index contributed by atoms with van der Waals surface area (Å²) in [7, 11) is -0.637. The Morgan fingerprint density at radius 3 is 2.44 bits per heavy atom. The summed E-state index contributed by atoms with van der Waals surface area (Å²) in [6.45, 7) is 9.23. The molecule has 0 aliphatic carbocycles. The van der Waals surface area contributed by atoms with Crippen LogP contribution >= 0.6 is 11.8 Å². The van der Waals surface area contributed by atoms with Crippen LogP contribution in [0.2, 0.25) is 0 Å². The number of carbonyl (C=O) groups excluding carboxylic acids is 2. The van der Waals surface area contributed by atoms with Crippen molar-refractivity contribution < 1.29 is 23.3 Å². The van der Waals surface area contributed by atoms with E-state index in [0.29, 0.717) is 23.1 Å². The second-order valence-corrected chi connectivity index (χ2v) is 8.01. The third-order valence-corrected chi connectivity index (χ3v) is 5.25. The molecule has 1 aromatic heterocycles. The number of carbonyl (C=O) groups is 2.